The summed E-state index contributed by atoms with van der Waals surface area (Å²) in [6.45, 7) is 3.34. The second-order valence-electron chi connectivity index (χ2n) is 6.39. The van der Waals surface area contributed by atoms with Gasteiger partial charge in [-0.15, -0.1) is 0 Å². The maximum absolute atomic E-state index is 12.7. The number of hydrogen-bond acceptors (Lipinski definition) is 2. The third-order valence-electron chi connectivity index (χ3n) is 4.75. The van der Waals surface area contributed by atoms with Gasteiger partial charge in [-0.3, -0.25) is 4.79 Å². The zero-order valence-corrected chi connectivity index (χ0v) is 12.8. The average Bonchev–Trinajstić information content (AvgIpc) is 2.53. The second kappa shape index (κ2) is 7.04. The Kier molecular flexibility index (Phi) is 4.87. The first kappa shape index (κ1) is 14.5. The smallest absolute Gasteiger partial charge is 0.163 e. The van der Waals surface area contributed by atoms with Gasteiger partial charge in [0.05, 0.1) is 0 Å². The number of benzene rings is 1. The molecule has 1 aliphatic heterocycles. The number of hydrogen-bond donors (Lipinski definition) is 0. The van der Waals surface area contributed by atoms with Crippen LogP contribution in [0.2, 0.25) is 0 Å². The van der Waals surface area contributed by atoms with E-state index in [0.29, 0.717) is 5.78 Å². The summed E-state index contributed by atoms with van der Waals surface area (Å²) in [4.78, 5) is 15.2. The van der Waals surface area contributed by atoms with Gasteiger partial charge in [-0.25, -0.2) is 0 Å². The van der Waals surface area contributed by atoms with Crippen molar-refractivity contribution in [3.8, 4) is 0 Å². The molecule has 1 heterocycles. The lowest BCUT2D eigenvalue weighted by Gasteiger charge is -2.32. The van der Waals surface area contributed by atoms with Crippen LogP contribution < -0.4 is 0 Å². The lowest BCUT2D eigenvalue weighted by atomic mass is 9.83. The molecule has 0 spiro atoms. The highest BCUT2D eigenvalue weighted by molar-refractivity contribution is 6.01. The lowest BCUT2D eigenvalue weighted by Crippen LogP contribution is -2.38. The molecule has 0 radical (unpaired) electrons. The first-order valence-corrected chi connectivity index (χ1v) is 8.35. The van der Waals surface area contributed by atoms with Gasteiger partial charge in [-0.05, 0) is 62.4 Å². The monoisotopic (exact) mass is 283 g/mol. The Morgan fingerprint density at radius 2 is 1.81 bits per heavy atom. The Morgan fingerprint density at radius 1 is 1.05 bits per heavy atom. The summed E-state index contributed by atoms with van der Waals surface area (Å²) in [6.07, 6.45) is 9.23. The van der Waals surface area contributed by atoms with Gasteiger partial charge in [0.2, 0.25) is 0 Å². The molecule has 0 bridgehead atoms. The van der Waals surface area contributed by atoms with Crippen molar-refractivity contribution in [2.45, 2.75) is 38.5 Å². The van der Waals surface area contributed by atoms with E-state index in [0.717, 1.165) is 36.9 Å². The van der Waals surface area contributed by atoms with Gasteiger partial charge in [0.15, 0.2) is 5.78 Å². The number of ketones is 1. The van der Waals surface area contributed by atoms with E-state index in [2.05, 4.69) is 23.1 Å². The molecule has 1 aromatic rings. The second-order valence-corrected chi connectivity index (χ2v) is 6.39. The molecule has 1 unspecified atom stereocenters. The van der Waals surface area contributed by atoms with E-state index in [-0.39, 0.29) is 5.92 Å². The van der Waals surface area contributed by atoms with E-state index in [1.807, 2.05) is 18.2 Å². The molecule has 1 saturated carbocycles. The fourth-order valence-corrected chi connectivity index (χ4v) is 3.58. The van der Waals surface area contributed by atoms with Gasteiger partial charge in [0.25, 0.3) is 0 Å². The molecule has 1 aliphatic carbocycles. The Hall–Kier alpha value is -1.41. The van der Waals surface area contributed by atoms with E-state index >= 15 is 0 Å². The molecule has 2 heteroatoms. The first-order valence-electron chi connectivity index (χ1n) is 8.35. The number of nitrogens with zero attached hydrogens (tertiary/aromatic N) is 1. The van der Waals surface area contributed by atoms with Crippen molar-refractivity contribution in [2.75, 3.05) is 19.6 Å². The predicted molar refractivity (Wildman–Crippen MR) is 87.1 cm³/mol. The fourth-order valence-electron chi connectivity index (χ4n) is 3.58. The van der Waals surface area contributed by atoms with E-state index in [1.54, 1.807) is 0 Å². The molecule has 0 N–H and O–H groups in total. The average molecular weight is 283 g/mol. The Balaban J connectivity index is 1.67. The molecule has 0 amide bonds. The van der Waals surface area contributed by atoms with Crippen LogP contribution in [0.5, 0.6) is 0 Å². The summed E-state index contributed by atoms with van der Waals surface area (Å²) in [7, 11) is 0. The molecule has 0 aromatic heterocycles. The molecule has 3 rings (SSSR count). The lowest BCUT2D eigenvalue weighted by molar-refractivity contribution is -0.121. The minimum Gasteiger partial charge on any atom is -0.303 e. The Labute approximate surface area is 127 Å². The van der Waals surface area contributed by atoms with Gasteiger partial charge in [-0.2, -0.15) is 0 Å². The van der Waals surface area contributed by atoms with Gasteiger partial charge >= 0.3 is 0 Å². The van der Waals surface area contributed by atoms with Gasteiger partial charge in [0.1, 0.15) is 0 Å². The quantitative estimate of drug-likeness (QED) is 0.784. The Bertz CT molecular complexity index is 500. The molecule has 1 atom stereocenters. The van der Waals surface area contributed by atoms with Crippen LogP contribution >= 0.6 is 0 Å². The first-order chi connectivity index (χ1) is 10.3. The summed E-state index contributed by atoms with van der Waals surface area (Å²) >= 11 is 0. The highest BCUT2D eigenvalue weighted by Crippen LogP contribution is 2.28. The maximum Gasteiger partial charge on any atom is 0.163 e. The number of rotatable bonds is 3. The topological polar surface area (TPSA) is 20.3 Å². The van der Waals surface area contributed by atoms with Crippen LogP contribution in [-0.2, 0) is 4.79 Å². The summed E-state index contributed by atoms with van der Waals surface area (Å²) in [5, 5.41) is 0. The number of Topliss-reactive ketones (excluding diaryl/α,β-unsaturated/α-hetero) is 1. The number of piperidine rings is 1. The maximum atomic E-state index is 12.7. The summed E-state index contributed by atoms with van der Waals surface area (Å²) in [5.74, 6) is 0.627. The van der Waals surface area contributed by atoms with Crippen molar-refractivity contribution in [3.05, 3.63) is 41.5 Å². The van der Waals surface area contributed by atoms with Crippen LogP contribution in [0.3, 0.4) is 0 Å². The zero-order chi connectivity index (χ0) is 14.5. The Morgan fingerprint density at radius 3 is 2.57 bits per heavy atom. The van der Waals surface area contributed by atoms with Crippen molar-refractivity contribution in [1.29, 1.82) is 0 Å². The van der Waals surface area contributed by atoms with Gasteiger partial charge < -0.3 is 4.90 Å². The van der Waals surface area contributed by atoms with Crippen molar-refractivity contribution in [3.63, 3.8) is 0 Å². The molecule has 21 heavy (non-hydrogen) atoms. The summed E-state index contributed by atoms with van der Waals surface area (Å²) in [5.41, 5.74) is 2.19. The summed E-state index contributed by atoms with van der Waals surface area (Å²) < 4.78 is 0. The largest absolute Gasteiger partial charge is 0.303 e. The van der Waals surface area contributed by atoms with Crippen LogP contribution in [0, 0.1) is 5.92 Å². The standard InChI is InChI=1S/C19H25NO/c21-19-17(14-16-8-3-1-4-9-16)10-7-11-18(19)15-20-12-5-2-6-13-20/h1,3-4,8-9,14,18H,2,5-7,10-13,15H2. The zero-order valence-electron chi connectivity index (χ0n) is 12.8. The highest BCUT2D eigenvalue weighted by Gasteiger charge is 2.28. The molecule has 1 aromatic carbocycles. The number of carbonyl (C=O) groups excluding carboxylic acids is 1. The molecule has 2 aliphatic rings. The molecule has 2 fully saturated rings. The SMILES string of the molecule is O=C1C(=Cc2ccccc2)CCCC1CN1CCCCC1. The van der Waals surface area contributed by atoms with Crippen LogP contribution in [-0.4, -0.2) is 30.3 Å². The van der Waals surface area contributed by atoms with E-state index in [1.165, 1.54) is 32.4 Å². The minimum absolute atomic E-state index is 0.229. The van der Waals surface area contributed by atoms with Crippen molar-refractivity contribution in [1.82, 2.24) is 4.90 Å². The van der Waals surface area contributed by atoms with Crippen molar-refractivity contribution < 1.29 is 4.79 Å². The van der Waals surface area contributed by atoms with E-state index in [9.17, 15) is 4.79 Å². The fraction of sp³-hybridized carbons (Fsp3) is 0.526. The van der Waals surface area contributed by atoms with Crippen molar-refractivity contribution in [2.24, 2.45) is 5.92 Å². The van der Waals surface area contributed by atoms with E-state index in [4.69, 9.17) is 0 Å². The normalized spacial score (nSPS) is 26.2. The molecular formula is C19H25NO. The highest BCUT2D eigenvalue weighted by atomic mass is 16.1. The molecule has 2 nitrogen and oxygen atoms in total. The predicted octanol–water partition coefficient (Wildman–Crippen LogP) is 3.93. The number of allylic oxidation sites excluding steroid dienone is 1. The number of carbonyl (C=O) groups is 1. The third kappa shape index (κ3) is 3.82. The van der Waals surface area contributed by atoms with Crippen LogP contribution in [0.4, 0.5) is 0 Å². The molecule has 1 saturated heterocycles. The molecular weight excluding hydrogens is 258 g/mol. The van der Waals surface area contributed by atoms with Gasteiger partial charge in [-0.1, -0.05) is 36.8 Å². The summed E-state index contributed by atoms with van der Waals surface area (Å²) in [6, 6.07) is 10.2. The molecule has 112 valence electrons. The van der Waals surface area contributed by atoms with Crippen molar-refractivity contribution >= 4 is 11.9 Å². The van der Waals surface area contributed by atoms with Gasteiger partial charge in [0, 0.05) is 12.5 Å². The van der Waals surface area contributed by atoms with E-state index < -0.39 is 0 Å². The minimum atomic E-state index is 0.229. The third-order valence-corrected chi connectivity index (χ3v) is 4.75. The number of likely N-dealkylation sites (tertiary alicyclic amines) is 1. The van der Waals surface area contributed by atoms with Crippen LogP contribution in [0.15, 0.2) is 35.9 Å². The van der Waals surface area contributed by atoms with Crippen LogP contribution in [0.1, 0.15) is 44.1 Å². The van der Waals surface area contributed by atoms with Crippen LogP contribution in [0.25, 0.3) is 6.08 Å².